The van der Waals surface area contributed by atoms with Gasteiger partial charge in [0.2, 0.25) is 0 Å². The maximum Gasteiger partial charge on any atom is 0.132 e. The van der Waals surface area contributed by atoms with Crippen LogP contribution >= 0.6 is 11.3 Å². The molecule has 2 aromatic rings. The third-order valence-corrected chi connectivity index (χ3v) is 3.48. The third kappa shape index (κ3) is 2.03. The predicted molar refractivity (Wildman–Crippen MR) is 68.4 cm³/mol. The van der Waals surface area contributed by atoms with E-state index >= 15 is 0 Å². The molecule has 0 amide bonds. The normalized spacial score (nSPS) is 11.8. The van der Waals surface area contributed by atoms with Crippen molar-refractivity contribution >= 4 is 11.3 Å². The summed E-state index contributed by atoms with van der Waals surface area (Å²) < 4.78 is 14.0. The van der Waals surface area contributed by atoms with Crippen LogP contribution in [0.2, 0.25) is 0 Å². The highest BCUT2D eigenvalue weighted by Gasteiger charge is 2.21. The molecule has 0 N–H and O–H groups in total. The van der Waals surface area contributed by atoms with Crippen molar-refractivity contribution < 1.29 is 4.39 Å². The van der Waals surface area contributed by atoms with Crippen LogP contribution in [-0.4, -0.2) is 0 Å². The fraction of sp³-hybridized carbons (Fsp3) is 0.286. The Morgan fingerprint density at radius 2 is 1.81 bits per heavy atom. The van der Waals surface area contributed by atoms with Crippen LogP contribution in [0.15, 0.2) is 35.7 Å². The zero-order chi connectivity index (χ0) is 11.8. The molecule has 0 spiro atoms. The van der Waals surface area contributed by atoms with E-state index in [0.717, 1.165) is 16.0 Å². The largest absolute Gasteiger partial charge is 0.206 e. The van der Waals surface area contributed by atoms with Crippen molar-refractivity contribution in [1.29, 1.82) is 0 Å². The van der Waals surface area contributed by atoms with Crippen LogP contribution in [0.1, 0.15) is 26.3 Å². The number of hydrogen-bond acceptors (Lipinski definition) is 1. The lowest BCUT2D eigenvalue weighted by molar-refractivity contribution is 0.576. The molecule has 84 valence electrons. The average molecular weight is 234 g/mol. The fourth-order valence-corrected chi connectivity index (χ4v) is 2.61. The maximum absolute atomic E-state index is 14.0. The smallest absolute Gasteiger partial charge is 0.132 e. The van der Waals surface area contributed by atoms with E-state index in [0.29, 0.717) is 0 Å². The molecule has 0 aliphatic carbocycles. The highest BCUT2D eigenvalue weighted by Crippen LogP contribution is 2.36. The highest BCUT2D eigenvalue weighted by atomic mass is 32.1. The van der Waals surface area contributed by atoms with E-state index in [2.05, 4.69) is 20.8 Å². The molecule has 0 saturated heterocycles. The first-order chi connectivity index (χ1) is 7.50. The van der Waals surface area contributed by atoms with Crippen LogP contribution in [-0.2, 0) is 5.41 Å². The van der Waals surface area contributed by atoms with E-state index in [-0.39, 0.29) is 11.2 Å². The van der Waals surface area contributed by atoms with Gasteiger partial charge in [0.1, 0.15) is 5.82 Å². The Morgan fingerprint density at radius 1 is 1.06 bits per heavy atom. The van der Waals surface area contributed by atoms with Crippen LogP contribution in [0.5, 0.6) is 0 Å². The Hall–Kier alpha value is -1.15. The Balaban J connectivity index is 2.68. The summed E-state index contributed by atoms with van der Waals surface area (Å²) in [5.74, 6) is -0.130. The van der Waals surface area contributed by atoms with Crippen molar-refractivity contribution in [1.82, 2.24) is 0 Å². The molecule has 0 nitrogen and oxygen atoms in total. The minimum atomic E-state index is -0.130. The van der Waals surface area contributed by atoms with Crippen LogP contribution in [0.3, 0.4) is 0 Å². The standard InChI is InChI=1S/C14H15FS/c1-14(2,3)10-6-4-7-11(15)13(10)12-8-5-9-16-12/h4-9H,1-3H3. The van der Waals surface area contributed by atoms with E-state index in [1.807, 2.05) is 23.6 Å². The van der Waals surface area contributed by atoms with Crippen LogP contribution in [0.25, 0.3) is 10.4 Å². The van der Waals surface area contributed by atoms with Gasteiger partial charge < -0.3 is 0 Å². The summed E-state index contributed by atoms with van der Waals surface area (Å²) in [4.78, 5) is 1.00. The van der Waals surface area contributed by atoms with E-state index in [9.17, 15) is 4.39 Å². The molecule has 0 fully saturated rings. The van der Waals surface area contributed by atoms with Gasteiger partial charge in [-0.15, -0.1) is 11.3 Å². The fourth-order valence-electron chi connectivity index (χ4n) is 1.82. The second-order valence-electron chi connectivity index (χ2n) is 4.89. The van der Waals surface area contributed by atoms with Gasteiger partial charge in [0, 0.05) is 10.4 Å². The van der Waals surface area contributed by atoms with E-state index in [1.54, 1.807) is 17.4 Å². The summed E-state index contributed by atoms with van der Waals surface area (Å²) >= 11 is 1.58. The minimum Gasteiger partial charge on any atom is -0.206 e. The molecule has 0 atom stereocenters. The monoisotopic (exact) mass is 234 g/mol. The molecule has 0 saturated carbocycles. The predicted octanol–water partition coefficient (Wildman–Crippen LogP) is 4.85. The van der Waals surface area contributed by atoms with Gasteiger partial charge in [-0.05, 0) is 28.5 Å². The molecule has 2 heteroatoms. The topological polar surface area (TPSA) is 0 Å². The van der Waals surface area contributed by atoms with Crippen LogP contribution in [0.4, 0.5) is 4.39 Å². The van der Waals surface area contributed by atoms with Gasteiger partial charge in [0.15, 0.2) is 0 Å². The lowest BCUT2D eigenvalue weighted by atomic mass is 9.83. The Kier molecular flexibility index (Phi) is 2.85. The summed E-state index contributed by atoms with van der Waals surface area (Å²) in [7, 11) is 0. The van der Waals surface area contributed by atoms with Gasteiger partial charge in [0.25, 0.3) is 0 Å². The minimum absolute atomic E-state index is 0.0403. The lowest BCUT2D eigenvalue weighted by Gasteiger charge is -2.22. The van der Waals surface area contributed by atoms with Gasteiger partial charge in [0.05, 0.1) is 0 Å². The van der Waals surface area contributed by atoms with E-state index in [1.165, 1.54) is 6.07 Å². The van der Waals surface area contributed by atoms with Gasteiger partial charge in [-0.2, -0.15) is 0 Å². The molecule has 1 aromatic heterocycles. The van der Waals surface area contributed by atoms with Crippen molar-refractivity contribution in [3.63, 3.8) is 0 Å². The van der Waals surface area contributed by atoms with Gasteiger partial charge >= 0.3 is 0 Å². The van der Waals surface area contributed by atoms with Gasteiger partial charge in [-0.25, -0.2) is 4.39 Å². The molecule has 0 aliphatic heterocycles. The van der Waals surface area contributed by atoms with Crippen molar-refractivity contribution in [2.24, 2.45) is 0 Å². The quantitative estimate of drug-likeness (QED) is 0.661. The molecule has 0 aliphatic rings. The molecule has 0 unspecified atom stereocenters. The number of hydrogen-bond donors (Lipinski definition) is 0. The number of benzene rings is 1. The molecule has 1 heterocycles. The van der Waals surface area contributed by atoms with Crippen molar-refractivity contribution in [2.45, 2.75) is 26.2 Å². The first-order valence-electron chi connectivity index (χ1n) is 5.33. The molecular weight excluding hydrogens is 219 g/mol. The van der Waals surface area contributed by atoms with Crippen molar-refractivity contribution in [2.75, 3.05) is 0 Å². The molecule has 0 radical (unpaired) electrons. The summed E-state index contributed by atoms with van der Waals surface area (Å²) in [5, 5.41) is 1.98. The van der Waals surface area contributed by atoms with Gasteiger partial charge in [-0.3, -0.25) is 0 Å². The third-order valence-electron chi connectivity index (χ3n) is 2.59. The number of halogens is 1. The summed E-state index contributed by atoms with van der Waals surface area (Å²) in [6.45, 7) is 6.33. The first-order valence-corrected chi connectivity index (χ1v) is 6.21. The lowest BCUT2D eigenvalue weighted by Crippen LogP contribution is -2.13. The summed E-state index contributed by atoms with van der Waals surface area (Å²) in [5.41, 5.74) is 1.78. The zero-order valence-electron chi connectivity index (χ0n) is 9.75. The van der Waals surface area contributed by atoms with Crippen LogP contribution < -0.4 is 0 Å². The molecule has 16 heavy (non-hydrogen) atoms. The number of thiophene rings is 1. The SMILES string of the molecule is CC(C)(C)c1cccc(F)c1-c1cccs1. The Morgan fingerprint density at radius 3 is 2.38 bits per heavy atom. The number of rotatable bonds is 1. The average Bonchev–Trinajstić information content (AvgIpc) is 2.68. The van der Waals surface area contributed by atoms with E-state index in [4.69, 9.17) is 0 Å². The summed E-state index contributed by atoms with van der Waals surface area (Å²) in [6.07, 6.45) is 0. The zero-order valence-corrected chi connectivity index (χ0v) is 10.6. The second-order valence-corrected chi connectivity index (χ2v) is 5.84. The summed E-state index contributed by atoms with van der Waals surface area (Å²) in [6, 6.07) is 9.26. The highest BCUT2D eigenvalue weighted by molar-refractivity contribution is 7.13. The second kappa shape index (κ2) is 4.02. The van der Waals surface area contributed by atoms with Crippen molar-refractivity contribution in [3.8, 4) is 10.4 Å². The molecule has 2 rings (SSSR count). The van der Waals surface area contributed by atoms with Crippen LogP contribution in [0, 0.1) is 5.82 Å². The van der Waals surface area contributed by atoms with Crippen molar-refractivity contribution in [3.05, 3.63) is 47.1 Å². The Labute approximate surface area is 99.8 Å². The molecular formula is C14H15FS. The van der Waals surface area contributed by atoms with E-state index < -0.39 is 0 Å². The molecule has 0 bridgehead atoms. The Bertz CT molecular complexity index is 478. The maximum atomic E-state index is 14.0. The molecule has 1 aromatic carbocycles. The first kappa shape index (κ1) is 11.3. The van der Waals surface area contributed by atoms with Gasteiger partial charge in [-0.1, -0.05) is 39.0 Å².